The molecule has 1 rings (SSSR count). The maximum absolute atomic E-state index is 12.0. The van der Waals surface area contributed by atoms with Gasteiger partial charge in [-0.3, -0.25) is 14.8 Å². The van der Waals surface area contributed by atoms with Gasteiger partial charge in [-0.1, -0.05) is 0 Å². The summed E-state index contributed by atoms with van der Waals surface area (Å²) in [5, 5.41) is 10.6. The number of hydrogen-bond donors (Lipinski definition) is 2. The molecule has 1 aromatic heterocycles. The molecule has 5 heteroatoms. The van der Waals surface area contributed by atoms with Gasteiger partial charge in [0.15, 0.2) is 0 Å². The zero-order valence-electron chi connectivity index (χ0n) is 13.0. The van der Waals surface area contributed by atoms with Crippen molar-refractivity contribution < 1.29 is 4.79 Å². The SMILES string of the molecule is Cc1nn(C)cc1C(C)NC(C)C(=O)NC(C)(C)C. The fourth-order valence-electron chi connectivity index (χ4n) is 2.06. The van der Waals surface area contributed by atoms with Gasteiger partial charge in [0.2, 0.25) is 5.91 Å². The van der Waals surface area contributed by atoms with E-state index in [-0.39, 0.29) is 23.5 Å². The van der Waals surface area contributed by atoms with Crippen molar-refractivity contribution >= 4 is 5.91 Å². The molecule has 0 spiro atoms. The van der Waals surface area contributed by atoms with Crippen LogP contribution >= 0.6 is 0 Å². The number of aromatic nitrogens is 2. The number of rotatable bonds is 4. The van der Waals surface area contributed by atoms with Gasteiger partial charge in [-0.15, -0.1) is 0 Å². The Labute approximate surface area is 115 Å². The smallest absolute Gasteiger partial charge is 0.237 e. The van der Waals surface area contributed by atoms with Crippen molar-refractivity contribution in [2.24, 2.45) is 7.05 Å². The molecule has 19 heavy (non-hydrogen) atoms. The topological polar surface area (TPSA) is 59.0 Å². The predicted molar refractivity (Wildman–Crippen MR) is 76.9 cm³/mol. The molecule has 0 aliphatic rings. The van der Waals surface area contributed by atoms with E-state index in [2.05, 4.69) is 15.7 Å². The molecule has 108 valence electrons. The van der Waals surface area contributed by atoms with Crippen LogP contribution in [0.15, 0.2) is 6.20 Å². The van der Waals surface area contributed by atoms with Crippen molar-refractivity contribution in [2.45, 2.75) is 59.2 Å². The van der Waals surface area contributed by atoms with Gasteiger partial charge < -0.3 is 5.32 Å². The lowest BCUT2D eigenvalue weighted by Crippen LogP contribution is -2.50. The van der Waals surface area contributed by atoms with Gasteiger partial charge in [0.1, 0.15) is 0 Å². The van der Waals surface area contributed by atoms with Crippen LogP contribution in [0.2, 0.25) is 0 Å². The number of nitrogens with one attached hydrogen (secondary N) is 2. The minimum Gasteiger partial charge on any atom is -0.350 e. The summed E-state index contributed by atoms with van der Waals surface area (Å²) in [5.74, 6) is 0.0147. The van der Waals surface area contributed by atoms with Crippen LogP contribution in [0.4, 0.5) is 0 Å². The van der Waals surface area contributed by atoms with Crippen LogP contribution in [0.1, 0.15) is 51.9 Å². The molecule has 1 aromatic rings. The molecule has 2 N–H and O–H groups in total. The highest BCUT2D eigenvalue weighted by Gasteiger charge is 2.21. The van der Waals surface area contributed by atoms with Crippen LogP contribution in [0, 0.1) is 6.92 Å². The first-order valence-corrected chi connectivity index (χ1v) is 6.68. The van der Waals surface area contributed by atoms with Crippen molar-refractivity contribution in [3.05, 3.63) is 17.5 Å². The minimum atomic E-state index is -0.242. The number of hydrogen-bond acceptors (Lipinski definition) is 3. The molecule has 0 fully saturated rings. The van der Waals surface area contributed by atoms with E-state index in [1.54, 1.807) is 4.68 Å². The van der Waals surface area contributed by atoms with Gasteiger partial charge >= 0.3 is 0 Å². The Hall–Kier alpha value is -1.36. The average molecular weight is 266 g/mol. The normalized spacial score (nSPS) is 15.1. The van der Waals surface area contributed by atoms with Crippen LogP contribution in [0.3, 0.4) is 0 Å². The van der Waals surface area contributed by atoms with E-state index < -0.39 is 0 Å². The Bertz CT molecular complexity index is 445. The van der Waals surface area contributed by atoms with Crippen molar-refractivity contribution in [3.8, 4) is 0 Å². The molecule has 0 saturated heterocycles. The van der Waals surface area contributed by atoms with Crippen molar-refractivity contribution in [2.75, 3.05) is 0 Å². The van der Waals surface area contributed by atoms with Gasteiger partial charge in [0.25, 0.3) is 0 Å². The van der Waals surface area contributed by atoms with E-state index in [0.717, 1.165) is 11.3 Å². The van der Waals surface area contributed by atoms with Gasteiger partial charge in [0.05, 0.1) is 11.7 Å². The number of aryl methyl sites for hydroxylation is 2. The molecular formula is C14H26N4O. The van der Waals surface area contributed by atoms with Crippen LogP contribution in [-0.4, -0.2) is 27.3 Å². The summed E-state index contributed by atoms with van der Waals surface area (Å²) < 4.78 is 1.79. The summed E-state index contributed by atoms with van der Waals surface area (Å²) in [7, 11) is 1.90. The summed E-state index contributed by atoms with van der Waals surface area (Å²) in [6, 6.07) is -0.150. The molecule has 0 aliphatic carbocycles. The molecule has 0 radical (unpaired) electrons. The fourth-order valence-corrected chi connectivity index (χ4v) is 2.06. The Kier molecular flexibility index (Phi) is 4.74. The lowest BCUT2D eigenvalue weighted by atomic mass is 10.1. The van der Waals surface area contributed by atoms with E-state index in [9.17, 15) is 4.79 Å². The predicted octanol–water partition coefficient (Wildman–Crippen LogP) is 1.68. The third-order valence-corrected chi connectivity index (χ3v) is 2.91. The molecule has 2 atom stereocenters. The molecule has 1 heterocycles. The second-order valence-electron chi connectivity index (χ2n) is 6.19. The van der Waals surface area contributed by atoms with Crippen LogP contribution in [-0.2, 0) is 11.8 Å². The van der Waals surface area contributed by atoms with E-state index in [4.69, 9.17) is 0 Å². The molecule has 5 nitrogen and oxygen atoms in total. The number of nitrogens with zero attached hydrogens (tertiary/aromatic N) is 2. The summed E-state index contributed by atoms with van der Waals surface area (Å²) in [6.07, 6.45) is 1.99. The monoisotopic (exact) mass is 266 g/mol. The van der Waals surface area contributed by atoms with Gasteiger partial charge in [0, 0.05) is 30.4 Å². The second kappa shape index (κ2) is 5.74. The first-order chi connectivity index (χ1) is 8.60. The van der Waals surface area contributed by atoms with Crippen LogP contribution < -0.4 is 10.6 Å². The minimum absolute atomic E-state index is 0.0147. The Balaban J connectivity index is 2.64. The molecular weight excluding hydrogens is 240 g/mol. The van der Waals surface area contributed by atoms with E-state index in [1.807, 2.05) is 54.8 Å². The first-order valence-electron chi connectivity index (χ1n) is 6.68. The largest absolute Gasteiger partial charge is 0.350 e. The van der Waals surface area contributed by atoms with Gasteiger partial charge in [-0.25, -0.2) is 0 Å². The highest BCUT2D eigenvalue weighted by molar-refractivity contribution is 5.81. The Morgan fingerprint density at radius 3 is 2.37 bits per heavy atom. The van der Waals surface area contributed by atoms with Crippen molar-refractivity contribution in [3.63, 3.8) is 0 Å². The molecule has 2 unspecified atom stereocenters. The zero-order valence-corrected chi connectivity index (χ0v) is 13.0. The molecule has 0 aliphatic heterocycles. The standard InChI is InChI=1S/C14H26N4O/c1-9(12-8-18(7)17-10(12)2)15-11(3)13(19)16-14(4,5)6/h8-9,11,15H,1-7H3,(H,16,19). The van der Waals surface area contributed by atoms with Gasteiger partial charge in [-0.05, 0) is 41.5 Å². The van der Waals surface area contributed by atoms with Crippen molar-refractivity contribution in [1.82, 2.24) is 20.4 Å². The molecule has 1 amide bonds. The molecule has 0 bridgehead atoms. The summed E-state index contributed by atoms with van der Waals surface area (Å²) >= 11 is 0. The average Bonchev–Trinajstić information content (AvgIpc) is 2.55. The number of carbonyl (C=O) groups is 1. The van der Waals surface area contributed by atoms with E-state index in [1.165, 1.54) is 0 Å². The van der Waals surface area contributed by atoms with Crippen LogP contribution in [0.5, 0.6) is 0 Å². The first kappa shape index (κ1) is 15.7. The summed E-state index contributed by atoms with van der Waals surface area (Å²) in [5.41, 5.74) is 1.91. The van der Waals surface area contributed by atoms with Crippen LogP contribution in [0.25, 0.3) is 0 Å². The van der Waals surface area contributed by atoms with Gasteiger partial charge in [-0.2, -0.15) is 5.10 Å². The lowest BCUT2D eigenvalue weighted by Gasteiger charge is -2.25. The lowest BCUT2D eigenvalue weighted by molar-refractivity contribution is -0.124. The zero-order chi connectivity index (χ0) is 14.8. The maximum atomic E-state index is 12.0. The highest BCUT2D eigenvalue weighted by Crippen LogP contribution is 2.16. The third kappa shape index (κ3) is 4.67. The quantitative estimate of drug-likeness (QED) is 0.872. The van der Waals surface area contributed by atoms with E-state index in [0.29, 0.717) is 0 Å². The molecule has 0 aromatic carbocycles. The fraction of sp³-hybridized carbons (Fsp3) is 0.714. The van der Waals surface area contributed by atoms with E-state index >= 15 is 0 Å². The highest BCUT2D eigenvalue weighted by atomic mass is 16.2. The number of amides is 1. The summed E-state index contributed by atoms with van der Waals surface area (Å²) in [6.45, 7) is 11.8. The second-order valence-corrected chi connectivity index (χ2v) is 6.19. The number of carbonyl (C=O) groups excluding carboxylic acids is 1. The summed E-state index contributed by atoms with van der Waals surface area (Å²) in [4.78, 5) is 12.0. The Morgan fingerprint density at radius 1 is 1.37 bits per heavy atom. The third-order valence-electron chi connectivity index (χ3n) is 2.91. The maximum Gasteiger partial charge on any atom is 0.237 e. The Morgan fingerprint density at radius 2 is 1.95 bits per heavy atom. The van der Waals surface area contributed by atoms with Crippen molar-refractivity contribution in [1.29, 1.82) is 0 Å². The molecule has 0 saturated carbocycles.